The van der Waals surface area contributed by atoms with Gasteiger partial charge in [0, 0.05) is 12.5 Å². The number of carbonyl (C=O) groups is 2. The van der Waals surface area contributed by atoms with E-state index in [1.807, 2.05) is 0 Å². The topological polar surface area (TPSA) is 123 Å². The van der Waals surface area contributed by atoms with Gasteiger partial charge in [-0.25, -0.2) is 14.8 Å². The summed E-state index contributed by atoms with van der Waals surface area (Å²) in [7, 11) is 1.29. The Bertz CT molecular complexity index is 803. The zero-order valence-electron chi connectivity index (χ0n) is 14.0. The fraction of sp³-hybridized carbons (Fsp3) is 0.294. The van der Waals surface area contributed by atoms with Crippen LogP contribution in [0.5, 0.6) is 17.4 Å². The van der Waals surface area contributed by atoms with Crippen molar-refractivity contribution in [3.8, 4) is 17.4 Å². The lowest BCUT2D eigenvalue weighted by atomic mass is 10.2. The highest BCUT2D eigenvalue weighted by Gasteiger charge is 2.19. The molecule has 0 radical (unpaired) electrons. The first-order chi connectivity index (χ1) is 12.5. The molecule has 9 heteroatoms. The fourth-order valence-electron chi connectivity index (χ4n) is 2.35. The van der Waals surface area contributed by atoms with Gasteiger partial charge in [0.1, 0.15) is 23.3 Å². The molecule has 1 atom stereocenters. The van der Waals surface area contributed by atoms with Crippen LogP contribution in [0.4, 0.5) is 0 Å². The van der Waals surface area contributed by atoms with Crippen LogP contribution in [-0.2, 0) is 9.47 Å². The van der Waals surface area contributed by atoms with E-state index in [0.29, 0.717) is 24.7 Å². The summed E-state index contributed by atoms with van der Waals surface area (Å²) in [5.41, 5.74) is 5.41. The molecule has 1 aromatic heterocycles. The third-order valence-corrected chi connectivity index (χ3v) is 3.59. The standard InChI is InChI=1S/C17H17N3O6/c1-23-17(22)10-4-12(25-11-2-3-24-9-11)6-13(5-10)26-15-8-19-14(7-20-15)16(18)21/h4-8,11H,2-3,9H2,1H3,(H2,18,21). The summed E-state index contributed by atoms with van der Waals surface area (Å²) in [5.74, 6) is -0.334. The minimum absolute atomic E-state index is 0.0194. The van der Waals surface area contributed by atoms with E-state index in [2.05, 4.69) is 9.97 Å². The Balaban J connectivity index is 1.84. The van der Waals surface area contributed by atoms with Gasteiger partial charge in [-0.3, -0.25) is 4.79 Å². The predicted octanol–water partition coefficient (Wildman–Crippen LogP) is 1.32. The van der Waals surface area contributed by atoms with Gasteiger partial charge >= 0.3 is 5.97 Å². The average Bonchev–Trinajstić information content (AvgIpc) is 3.14. The summed E-state index contributed by atoms with van der Waals surface area (Å²) in [6.07, 6.45) is 3.13. The maximum Gasteiger partial charge on any atom is 0.338 e. The number of esters is 1. The molecule has 2 heterocycles. The number of methoxy groups -OCH3 is 1. The summed E-state index contributed by atoms with van der Waals surface area (Å²) < 4.78 is 21.5. The molecule has 1 aliphatic heterocycles. The molecule has 1 saturated heterocycles. The minimum atomic E-state index is -0.689. The lowest BCUT2D eigenvalue weighted by Crippen LogP contribution is -2.16. The molecule has 1 amide bonds. The van der Waals surface area contributed by atoms with Crippen LogP contribution in [0.1, 0.15) is 27.3 Å². The normalized spacial score (nSPS) is 16.1. The molecule has 0 aliphatic carbocycles. The van der Waals surface area contributed by atoms with Crippen molar-refractivity contribution in [2.45, 2.75) is 12.5 Å². The Labute approximate surface area is 149 Å². The van der Waals surface area contributed by atoms with E-state index >= 15 is 0 Å². The average molecular weight is 359 g/mol. The largest absolute Gasteiger partial charge is 0.488 e. The molecule has 1 aliphatic rings. The van der Waals surface area contributed by atoms with Crippen molar-refractivity contribution >= 4 is 11.9 Å². The van der Waals surface area contributed by atoms with E-state index < -0.39 is 11.9 Å². The first-order valence-electron chi connectivity index (χ1n) is 7.82. The molecule has 2 aromatic rings. The first-order valence-corrected chi connectivity index (χ1v) is 7.82. The minimum Gasteiger partial charge on any atom is -0.488 e. The maximum absolute atomic E-state index is 11.9. The summed E-state index contributed by atoms with van der Waals surface area (Å²) in [6, 6.07) is 4.68. The van der Waals surface area contributed by atoms with Crippen LogP contribution in [0.3, 0.4) is 0 Å². The zero-order chi connectivity index (χ0) is 18.5. The molecule has 9 nitrogen and oxygen atoms in total. The Morgan fingerprint density at radius 1 is 1.19 bits per heavy atom. The fourth-order valence-corrected chi connectivity index (χ4v) is 2.35. The molecule has 0 saturated carbocycles. The third-order valence-electron chi connectivity index (χ3n) is 3.59. The van der Waals surface area contributed by atoms with Gasteiger partial charge in [-0.1, -0.05) is 0 Å². The molecular formula is C17H17N3O6. The number of rotatable bonds is 6. The first kappa shape index (κ1) is 17.6. The summed E-state index contributed by atoms with van der Waals surface area (Å²) >= 11 is 0. The number of nitrogens with zero attached hydrogens (tertiary/aromatic N) is 2. The van der Waals surface area contributed by atoms with E-state index in [-0.39, 0.29) is 23.2 Å². The molecular weight excluding hydrogens is 342 g/mol. The number of primary amides is 1. The third kappa shape index (κ3) is 4.25. The smallest absolute Gasteiger partial charge is 0.338 e. The van der Waals surface area contributed by atoms with Crippen LogP contribution in [0.25, 0.3) is 0 Å². The summed E-state index contributed by atoms with van der Waals surface area (Å²) in [6.45, 7) is 1.12. The van der Waals surface area contributed by atoms with Crippen molar-refractivity contribution in [3.63, 3.8) is 0 Å². The van der Waals surface area contributed by atoms with Gasteiger partial charge < -0.3 is 24.7 Å². The molecule has 1 unspecified atom stereocenters. The van der Waals surface area contributed by atoms with E-state index in [4.69, 9.17) is 24.7 Å². The van der Waals surface area contributed by atoms with Crippen LogP contribution < -0.4 is 15.2 Å². The number of hydrogen-bond donors (Lipinski definition) is 1. The second-order valence-corrected chi connectivity index (χ2v) is 5.49. The highest BCUT2D eigenvalue weighted by Crippen LogP contribution is 2.28. The molecule has 136 valence electrons. The second-order valence-electron chi connectivity index (χ2n) is 5.49. The Morgan fingerprint density at radius 3 is 2.62 bits per heavy atom. The lowest BCUT2D eigenvalue weighted by Gasteiger charge is -2.14. The van der Waals surface area contributed by atoms with Gasteiger partial charge in [0.25, 0.3) is 5.91 Å². The van der Waals surface area contributed by atoms with Crippen LogP contribution in [-0.4, -0.2) is 48.3 Å². The molecule has 1 fully saturated rings. The van der Waals surface area contributed by atoms with Gasteiger partial charge in [0.05, 0.1) is 38.3 Å². The number of carbonyl (C=O) groups excluding carboxylic acids is 2. The molecule has 0 spiro atoms. The number of nitrogens with two attached hydrogens (primary N) is 1. The molecule has 1 aromatic carbocycles. The maximum atomic E-state index is 11.9. The van der Waals surface area contributed by atoms with Gasteiger partial charge in [-0.15, -0.1) is 0 Å². The highest BCUT2D eigenvalue weighted by atomic mass is 16.5. The molecule has 26 heavy (non-hydrogen) atoms. The van der Waals surface area contributed by atoms with Crippen molar-refractivity contribution in [2.75, 3.05) is 20.3 Å². The van der Waals surface area contributed by atoms with Gasteiger partial charge in [-0.2, -0.15) is 0 Å². The van der Waals surface area contributed by atoms with Crippen LogP contribution in [0, 0.1) is 0 Å². The lowest BCUT2D eigenvalue weighted by molar-refractivity contribution is 0.0599. The van der Waals surface area contributed by atoms with Gasteiger partial charge in [0.2, 0.25) is 5.88 Å². The van der Waals surface area contributed by atoms with Crippen molar-refractivity contribution in [1.29, 1.82) is 0 Å². The van der Waals surface area contributed by atoms with E-state index in [0.717, 1.165) is 6.42 Å². The number of amides is 1. The van der Waals surface area contributed by atoms with Crippen LogP contribution in [0.2, 0.25) is 0 Å². The van der Waals surface area contributed by atoms with Crippen molar-refractivity contribution in [3.05, 3.63) is 41.9 Å². The number of aromatic nitrogens is 2. The predicted molar refractivity (Wildman–Crippen MR) is 88.3 cm³/mol. The van der Waals surface area contributed by atoms with E-state index in [1.54, 1.807) is 12.1 Å². The SMILES string of the molecule is COC(=O)c1cc(Oc2cnc(C(N)=O)cn2)cc(OC2CCOC2)c1. The summed E-state index contributed by atoms with van der Waals surface area (Å²) in [4.78, 5) is 30.7. The highest BCUT2D eigenvalue weighted by molar-refractivity contribution is 5.90. The van der Waals surface area contributed by atoms with Crippen LogP contribution >= 0.6 is 0 Å². The summed E-state index contributed by atoms with van der Waals surface area (Å²) in [5, 5.41) is 0. The Hall–Kier alpha value is -3.20. The zero-order valence-corrected chi connectivity index (χ0v) is 14.0. The van der Waals surface area contributed by atoms with Crippen molar-refractivity contribution in [2.24, 2.45) is 5.73 Å². The van der Waals surface area contributed by atoms with Gasteiger partial charge in [-0.05, 0) is 12.1 Å². The molecule has 2 N–H and O–H groups in total. The molecule has 3 rings (SSSR count). The van der Waals surface area contributed by atoms with Crippen LogP contribution in [0.15, 0.2) is 30.6 Å². The molecule has 0 bridgehead atoms. The van der Waals surface area contributed by atoms with Crippen molar-refractivity contribution < 1.29 is 28.5 Å². The Kier molecular flexibility index (Phi) is 5.28. The van der Waals surface area contributed by atoms with E-state index in [1.165, 1.54) is 25.6 Å². The monoisotopic (exact) mass is 359 g/mol. The Morgan fingerprint density at radius 2 is 2.00 bits per heavy atom. The quantitative estimate of drug-likeness (QED) is 0.766. The van der Waals surface area contributed by atoms with E-state index in [9.17, 15) is 9.59 Å². The number of hydrogen-bond acceptors (Lipinski definition) is 8. The van der Waals surface area contributed by atoms with Crippen molar-refractivity contribution in [1.82, 2.24) is 9.97 Å². The second kappa shape index (κ2) is 7.79. The number of ether oxygens (including phenoxy) is 4. The number of benzene rings is 1. The van der Waals surface area contributed by atoms with Gasteiger partial charge in [0.15, 0.2) is 0 Å².